The van der Waals surface area contributed by atoms with Crippen LogP contribution in [0.2, 0.25) is 0 Å². The van der Waals surface area contributed by atoms with Crippen molar-refractivity contribution in [3.8, 4) is 0 Å². The van der Waals surface area contributed by atoms with E-state index in [0.717, 1.165) is 30.5 Å². The average molecular weight is 358 g/mol. The third kappa shape index (κ3) is 12.0. The summed E-state index contributed by atoms with van der Waals surface area (Å²) in [5.41, 5.74) is 11.3. The minimum absolute atomic E-state index is 0. The first-order valence-corrected chi connectivity index (χ1v) is 7.48. The van der Waals surface area contributed by atoms with Crippen LogP contribution in [0.1, 0.15) is 33.6 Å². The van der Waals surface area contributed by atoms with Crippen molar-refractivity contribution < 1.29 is 21.7 Å². The number of aliphatic imine (C=N–C) groups is 1. The summed E-state index contributed by atoms with van der Waals surface area (Å²) in [6.07, 6.45) is 1.41. The lowest BCUT2D eigenvalue weighted by atomic mass is 10.1. The number of likely N-dealkylation sites (N-methyl/N-ethyl adjacent to an activating group) is 1. The zero-order chi connectivity index (χ0) is 15.6. The fraction of sp³-hybridized carbons (Fsp3) is 0.857. The number of rotatable bonds is 10. The van der Waals surface area contributed by atoms with Crippen LogP contribution in [0, 0.1) is 0 Å². The Morgan fingerprint density at radius 2 is 1.86 bits per heavy atom. The Kier molecular flexibility index (Phi) is 16.8. The van der Waals surface area contributed by atoms with E-state index in [2.05, 4.69) is 31.2 Å². The molecule has 0 aromatic heterocycles. The molecule has 0 radical (unpaired) electrons. The number of nitrogens with zero attached hydrogens (tertiary/aromatic N) is 2. The monoisotopic (exact) mass is 357 g/mol. The first kappa shape index (κ1) is 26.3. The largest absolute Gasteiger partial charge is 1.00 e. The molecule has 0 aliphatic rings. The SMILES string of the molecule is CC[N+](C)(CC)CCNC(=O)[C@H](N)CCCN=C(C)N.Cl.[Cl-]. The van der Waals surface area contributed by atoms with Gasteiger partial charge in [-0.05, 0) is 33.6 Å². The standard InChI is InChI=1S/C14H31N5O.2ClH/c1-5-19(4,6-2)11-10-18-14(20)13(16)8-7-9-17-12(3)15;;/h13H,5-11,16H2,1-4H3,(H2-,15,17,18,20);2*1H/t13-;;/m1../s1. The highest BCUT2D eigenvalue weighted by Crippen LogP contribution is 2.00. The summed E-state index contributed by atoms with van der Waals surface area (Å²) in [7, 11) is 2.19. The molecule has 5 N–H and O–H groups in total. The van der Waals surface area contributed by atoms with Crippen molar-refractivity contribution in [3.63, 3.8) is 0 Å². The molecule has 0 aromatic carbocycles. The number of hydrogen-bond donors (Lipinski definition) is 3. The lowest BCUT2D eigenvalue weighted by molar-refractivity contribution is -0.904. The molecule has 0 heterocycles. The summed E-state index contributed by atoms with van der Waals surface area (Å²) in [4.78, 5) is 15.9. The van der Waals surface area contributed by atoms with Crippen molar-refractivity contribution in [1.82, 2.24) is 5.32 Å². The Morgan fingerprint density at radius 3 is 2.32 bits per heavy atom. The van der Waals surface area contributed by atoms with E-state index >= 15 is 0 Å². The smallest absolute Gasteiger partial charge is 0.237 e. The van der Waals surface area contributed by atoms with Gasteiger partial charge in [0, 0.05) is 6.54 Å². The maximum absolute atomic E-state index is 11.8. The Hall–Kier alpha value is -0.560. The van der Waals surface area contributed by atoms with Gasteiger partial charge in [0.2, 0.25) is 5.91 Å². The zero-order valence-electron chi connectivity index (χ0n) is 14.3. The van der Waals surface area contributed by atoms with Crippen molar-refractivity contribution in [3.05, 3.63) is 0 Å². The molecular weight excluding hydrogens is 325 g/mol. The number of carbonyl (C=O) groups excluding carboxylic acids is 1. The topological polar surface area (TPSA) is 93.5 Å². The van der Waals surface area contributed by atoms with Crippen molar-refractivity contribution in [2.24, 2.45) is 16.5 Å². The summed E-state index contributed by atoms with van der Waals surface area (Å²) in [6.45, 7) is 10.4. The van der Waals surface area contributed by atoms with E-state index in [-0.39, 0.29) is 30.7 Å². The minimum Gasteiger partial charge on any atom is -1.00 e. The second-order valence-corrected chi connectivity index (χ2v) is 5.54. The molecule has 0 saturated heterocycles. The third-order valence-electron chi connectivity index (χ3n) is 3.85. The summed E-state index contributed by atoms with van der Waals surface area (Å²) in [5, 5.41) is 2.92. The van der Waals surface area contributed by atoms with E-state index in [4.69, 9.17) is 11.5 Å². The number of amides is 1. The highest BCUT2D eigenvalue weighted by molar-refractivity contribution is 5.85. The van der Waals surface area contributed by atoms with Gasteiger partial charge in [-0.15, -0.1) is 12.4 Å². The van der Waals surface area contributed by atoms with Gasteiger partial charge in [0.15, 0.2) is 0 Å². The van der Waals surface area contributed by atoms with Gasteiger partial charge in [-0.1, -0.05) is 0 Å². The lowest BCUT2D eigenvalue weighted by Gasteiger charge is -2.32. The predicted octanol–water partition coefficient (Wildman–Crippen LogP) is -2.50. The molecule has 0 rings (SSSR count). The second-order valence-electron chi connectivity index (χ2n) is 5.54. The number of carbonyl (C=O) groups is 1. The third-order valence-corrected chi connectivity index (χ3v) is 3.85. The molecule has 8 heteroatoms. The highest BCUT2D eigenvalue weighted by Gasteiger charge is 2.17. The molecule has 0 unspecified atom stereocenters. The van der Waals surface area contributed by atoms with E-state index in [0.29, 0.717) is 25.3 Å². The molecule has 1 atom stereocenters. The van der Waals surface area contributed by atoms with Crippen molar-refractivity contribution in [1.29, 1.82) is 0 Å². The summed E-state index contributed by atoms with van der Waals surface area (Å²) in [6, 6.07) is -0.453. The van der Waals surface area contributed by atoms with Crippen molar-refractivity contribution in [2.75, 3.05) is 39.8 Å². The number of nitrogens with two attached hydrogens (primary N) is 2. The van der Waals surface area contributed by atoms with Gasteiger partial charge in [0.25, 0.3) is 0 Å². The number of halogens is 2. The van der Waals surface area contributed by atoms with Gasteiger partial charge >= 0.3 is 0 Å². The van der Waals surface area contributed by atoms with Gasteiger partial charge in [-0.3, -0.25) is 9.79 Å². The molecule has 22 heavy (non-hydrogen) atoms. The number of nitrogens with one attached hydrogen (secondary N) is 1. The second kappa shape index (κ2) is 14.1. The van der Waals surface area contributed by atoms with Crippen LogP contribution in [0.5, 0.6) is 0 Å². The molecule has 134 valence electrons. The number of amidine groups is 1. The summed E-state index contributed by atoms with van der Waals surface area (Å²) < 4.78 is 0.958. The van der Waals surface area contributed by atoms with E-state index in [1.165, 1.54) is 0 Å². The molecule has 0 aliphatic heterocycles. The van der Waals surface area contributed by atoms with Gasteiger partial charge < -0.3 is 33.7 Å². The van der Waals surface area contributed by atoms with E-state index < -0.39 is 6.04 Å². The van der Waals surface area contributed by atoms with E-state index in [1.54, 1.807) is 6.92 Å². The Labute approximate surface area is 147 Å². The van der Waals surface area contributed by atoms with Crippen molar-refractivity contribution in [2.45, 2.75) is 39.7 Å². The van der Waals surface area contributed by atoms with Gasteiger partial charge in [-0.25, -0.2) is 0 Å². The van der Waals surface area contributed by atoms with Gasteiger partial charge in [-0.2, -0.15) is 0 Å². The highest BCUT2D eigenvalue weighted by atomic mass is 35.5. The first-order chi connectivity index (χ1) is 9.34. The molecule has 0 saturated carbocycles. The summed E-state index contributed by atoms with van der Waals surface area (Å²) >= 11 is 0. The predicted molar refractivity (Wildman–Crippen MR) is 91.8 cm³/mol. The van der Waals surface area contributed by atoms with Gasteiger partial charge in [0.05, 0.1) is 45.1 Å². The molecule has 0 aliphatic carbocycles. The van der Waals surface area contributed by atoms with E-state index in [1.807, 2.05) is 0 Å². The summed E-state index contributed by atoms with van der Waals surface area (Å²) in [5.74, 6) is 0.497. The molecule has 1 amide bonds. The number of hydrogen-bond acceptors (Lipinski definition) is 3. The van der Waals surface area contributed by atoms with Crippen LogP contribution in [-0.4, -0.2) is 62.0 Å². The van der Waals surface area contributed by atoms with Crippen LogP contribution in [-0.2, 0) is 4.79 Å². The fourth-order valence-electron chi connectivity index (χ4n) is 1.82. The minimum atomic E-state index is -0.453. The van der Waals surface area contributed by atoms with E-state index in [9.17, 15) is 4.79 Å². The van der Waals surface area contributed by atoms with Crippen LogP contribution in [0.25, 0.3) is 0 Å². The molecule has 0 bridgehead atoms. The fourth-order valence-corrected chi connectivity index (χ4v) is 1.82. The molecule has 0 spiro atoms. The number of quaternary nitrogens is 1. The van der Waals surface area contributed by atoms with Crippen LogP contribution in [0.15, 0.2) is 4.99 Å². The van der Waals surface area contributed by atoms with Crippen LogP contribution in [0.3, 0.4) is 0 Å². The maximum atomic E-state index is 11.8. The van der Waals surface area contributed by atoms with Crippen LogP contribution < -0.4 is 29.2 Å². The normalized spacial score (nSPS) is 12.9. The molecule has 0 fully saturated rings. The van der Waals surface area contributed by atoms with Crippen LogP contribution in [0.4, 0.5) is 0 Å². The molecule has 0 aromatic rings. The zero-order valence-corrected chi connectivity index (χ0v) is 15.8. The Morgan fingerprint density at radius 1 is 1.32 bits per heavy atom. The van der Waals surface area contributed by atoms with Gasteiger partial charge in [0.1, 0.15) is 0 Å². The lowest BCUT2D eigenvalue weighted by Crippen LogP contribution is -3.00. The average Bonchev–Trinajstić information content (AvgIpc) is 2.42. The van der Waals surface area contributed by atoms with Crippen molar-refractivity contribution >= 4 is 24.1 Å². The maximum Gasteiger partial charge on any atom is 0.237 e. The Balaban J connectivity index is -0.00000180. The Bertz CT molecular complexity index is 318. The first-order valence-electron chi connectivity index (χ1n) is 7.48. The quantitative estimate of drug-likeness (QED) is 0.174. The molecule has 6 nitrogen and oxygen atoms in total. The van der Waals surface area contributed by atoms with Crippen LogP contribution >= 0.6 is 12.4 Å². The molecular formula is C14H33Cl2N5O.